The second-order valence-corrected chi connectivity index (χ2v) is 3.01. The lowest BCUT2D eigenvalue weighted by Crippen LogP contribution is -2.33. The first-order valence-electron chi connectivity index (χ1n) is 4.39. The topological polar surface area (TPSA) is 78.3 Å². The molecule has 0 aliphatic heterocycles. The monoisotopic (exact) mass is 194 g/mol. The van der Waals surface area contributed by atoms with Crippen LogP contribution in [0.25, 0.3) is 0 Å². The van der Waals surface area contributed by atoms with E-state index in [0.717, 1.165) is 5.56 Å². The third-order valence-corrected chi connectivity index (χ3v) is 1.65. The Morgan fingerprint density at radius 1 is 1.29 bits per heavy atom. The number of esters is 1. The fourth-order valence-corrected chi connectivity index (χ4v) is 0.989. The molecular formula is C10H14N2O2. The van der Waals surface area contributed by atoms with Crippen LogP contribution in [-0.4, -0.2) is 12.1 Å². The SMILES string of the molecule is NC(N)CC(=O)OCc1ccccc1. The van der Waals surface area contributed by atoms with Gasteiger partial charge >= 0.3 is 5.97 Å². The fourth-order valence-electron chi connectivity index (χ4n) is 0.989. The van der Waals surface area contributed by atoms with Crippen molar-refractivity contribution in [1.29, 1.82) is 0 Å². The molecule has 0 aliphatic carbocycles. The maximum atomic E-state index is 11.0. The van der Waals surface area contributed by atoms with E-state index in [1.807, 2.05) is 30.3 Å². The molecule has 4 nitrogen and oxygen atoms in total. The second-order valence-electron chi connectivity index (χ2n) is 3.01. The molecule has 1 aromatic rings. The summed E-state index contributed by atoms with van der Waals surface area (Å²) in [5.74, 6) is -0.371. The Morgan fingerprint density at radius 2 is 1.93 bits per heavy atom. The number of carbonyl (C=O) groups is 1. The second kappa shape index (κ2) is 5.36. The molecule has 76 valence electrons. The van der Waals surface area contributed by atoms with Crippen molar-refractivity contribution in [3.05, 3.63) is 35.9 Å². The summed E-state index contributed by atoms with van der Waals surface area (Å²) in [4.78, 5) is 11.0. The van der Waals surface area contributed by atoms with E-state index < -0.39 is 6.17 Å². The minimum Gasteiger partial charge on any atom is -0.461 e. The van der Waals surface area contributed by atoms with Gasteiger partial charge < -0.3 is 16.2 Å². The Kier molecular flexibility index (Phi) is 4.10. The summed E-state index contributed by atoms with van der Waals surface area (Å²) >= 11 is 0. The first-order chi connectivity index (χ1) is 6.68. The van der Waals surface area contributed by atoms with Gasteiger partial charge in [0.25, 0.3) is 0 Å². The summed E-state index contributed by atoms with van der Waals surface area (Å²) in [6.45, 7) is 0.270. The molecule has 1 rings (SSSR count). The minimum atomic E-state index is -0.640. The number of nitrogens with two attached hydrogens (primary N) is 2. The summed E-state index contributed by atoms with van der Waals surface area (Å²) < 4.78 is 4.94. The Morgan fingerprint density at radius 3 is 2.50 bits per heavy atom. The molecule has 0 spiro atoms. The van der Waals surface area contributed by atoms with E-state index in [-0.39, 0.29) is 19.0 Å². The molecule has 0 atom stereocenters. The highest BCUT2D eigenvalue weighted by atomic mass is 16.5. The Labute approximate surface area is 82.8 Å². The van der Waals surface area contributed by atoms with Crippen molar-refractivity contribution in [2.24, 2.45) is 11.5 Å². The molecule has 0 bridgehead atoms. The fraction of sp³-hybridized carbons (Fsp3) is 0.300. The van der Waals surface area contributed by atoms with Crippen molar-refractivity contribution in [3.63, 3.8) is 0 Å². The zero-order valence-corrected chi connectivity index (χ0v) is 7.85. The van der Waals surface area contributed by atoms with Gasteiger partial charge in [0, 0.05) is 0 Å². The number of ether oxygens (including phenoxy) is 1. The first-order valence-corrected chi connectivity index (χ1v) is 4.39. The van der Waals surface area contributed by atoms with Gasteiger partial charge in [-0.15, -0.1) is 0 Å². The van der Waals surface area contributed by atoms with E-state index in [1.165, 1.54) is 0 Å². The molecule has 0 aromatic heterocycles. The third kappa shape index (κ3) is 4.02. The van der Waals surface area contributed by atoms with Gasteiger partial charge in [0.1, 0.15) is 6.61 Å². The lowest BCUT2D eigenvalue weighted by atomic mass is 10.2. The quantitative estimate of drug-likeness (QED) is 0.536. The van der Waals surface area contributed by atoms with E-state index in [9.17, 15) is 4.79 Å². The van der Waals surface area contributed by atoms with Crippen molar-refractivity contribution in [3.8, 4) is 0 Å². The van der Waals surface area contributed by atoms with Crippen LogP contribution in [0.2, 0.25) is 0 Å². The molecule has 0 fully saturated rings. The summed E-state index contributed by atoms with van der Waals surface area (Å²) in [5.41, 5.74) is 11.4. The molecule has 0 saturated carbocycles. The van der Waals surface area contributed by atoms with E-state index >= 15 is 0 Å². The van der Waals surface area contributed by atoms with Gasteiger partial charge in [0.2, 0.25) is 0 Å². The molecule has 4 N–H and O–H groups in total. The van der Waals surface area contributed by atoms with Gasteiger partial charge in [-0.2, -0.15) is 0 Å². The molecular weight excluding hydrogens is 180 g/mol. The average molecular weight is 194 g/mol. The highest BCUT2D eigenvalue weighted by Crippen LogP contribution is 2.01. The van der Waals surface area contributed by atoms with E-state index in [4.69, 9.17) is 16.2 Å². The van der Waals surface area contributed by atoms with Crippen LogP contribution in [0.4, 0.5) is 0 Å². The standard InChI is InChI=1S/C10H14N2O2/c11-9(12)6-10(13)14-7-8-4-2-1-3-5-8/h1-5,9H,6-7,11-12H2. The number of benzene rings is 1. The lowest BCUT2D eigenvalue weighted by Gasteiger charge is -2.06. The number of hydrogen-bond donors (Lipinski definition) is 2. The smallest absolute Gasteiger partial charge is 0.309 e. The van der Waals surface area contributed by atoms with Gasteiger partial charge in [-0.3, -0.25) is 4.79 Å². The summed E-state index contributed by atoms with van der Waals surface area (Å²) in [6, 6.07) is 9.45. The van der Waals surface area contributed by atoms with Crippen LogP contribution in [-0.2, 0) is 16.1 Å². The highest BCUT2D eigenvalue weighted by Gasteiger charge is 2.06. The maximum absolute atomic E-state index is 11.0. The van der Waals surface area contributed by atoms with Crippen LogP contribution in [0.3, 0.4) is 0 Å². The van der Waals surface area contributed by atoms with E-state index in [0.29, 0.717) is 0 Å². The van der Waals surface area contributed by atoms with Gasteiger partial charge in [-0.05, 0) is 5.56 Å². The number of rotatable bonds is 4. The molecule has 0 radical (unpaired) electrons. The van der Waals surface area contributed by atoms with Crippen LogP contribution in [0.1, 0.15) is 12.0 Å². The molecule has 14 heavy (non-hydrogen) atoms. The molecule has 0 unspecified atom stereocenters. The maximum Gasteiger partial charge on any atom is 0.309 e. The predicted octanol–water partition coefficient (Wildman–Crippen LogP) is 0.363. The van der Waals surface area contributed by atoms with Crippen molar-refractivity contribution in [1.82, 2.24) is 0 Å². The third-order valence-electron chi connectivity index (χ3n) is 1.65. The van der Waals surface area contributed by atoms with Crippen LogP contribution in [0.5, 0.6) is 0 Å². The molecule has 0 heterocycles. The van der Waals surface area contributed by atoms with Gasteiger partial charge in [-0.1, -0.05) is 30.3 Å². The molecule has 0 amide bonds. The van der Waals surface area contributed by atoms with Gasteiger partial charge in [-0.25, -0.2) is 0 Å². The molecule has 0 saturated heterocycles. The molecule has 0 aliphatic rings. The van der Waals surface area contributed by atoms with Gasteiger partial charge in [0.15, 0.2) is 0 Å². The van der Waals surface area contributed by atoms with Crippen LogP contribution >= 0.6 is 0 Å². The van der Waals surface area contributed by atoms with Crippen molar-refractivity contribution in [2.45, 2.75) is 19.2 Å². The van der Waals surface area contributed by atoms with Crippen molar-refractivity contribution in [2.75, 3.05) is 0 Å². The van der Waals surface area contributed by atoms with Crippen LogP contribution in [0.15, 0.2) is 30.3 Å². The lowest BCUT2D eigenvalue weighted by molar-refractivity contribution is -0.145. The zero-order chi connectivity index (χ0) is 10.4. The summed E-state index contributed by atoms with van der Waals surface area (Å²) in [6.07, 6.45) is -0.592. The average Bonchev–Trinajstić information content (AvgIpc) is 2.15. The Hall–Kier alpha value is -1.39. The molecule has 1 aromatic carbocycles. The molecule has 4 heteroatoms. The van der Waals surface area contributed by atoms with E-state index in [2.05, 4.69) is 0 Å². The zero-order valence-electron chi connectivity index (χ0n) is 7.85. The van der Waals surface area contributed by atoms with Crippen molar-refractivity contribution >= 4 is 5.97 Å². The Balaban J connectivity index is 2.31. The first kappa shape index (κ1) is 10.7. The van der Waals surface area contributed by atoms with Crippen LogP contribution < -0.4 is 11.5 Å². The summed E-state index contributed by atoms with van der Waals surface area (Å²) in [7, 11) is 0. The largest absolute Gasteiger partial charge is 0.461 e. The number of hydrogen-bond acceptors (Lipinski definition) is 4. The normalized spacial score (nSPS) is 10.2. The predicted molar refractivity (Wildman–Crippen MR) is 53.0 cm³/mol. The van der Waals surface area contributed by atoms with Crippen molar-refractivity contribution < 1.29 is 9.53 Å². The van der Waals surface area contributed by atoms with Gasteiger partial charge in [0.05, 0.1) is 12.6 Å². The number of carbonyl (C=O) groups excluding carboxylic acids is 1. The summed E-state index contributed by atoms with van der Waals surface area (Å²) in [5, 5.41) is 0. The van der Waals surface area contributed by atoms with Crippen LogP contribution in [0, 0.1) is 0 Å². The highest BCUT2D eigenvalue weighted by molar-refractivity contribution is 5.69. The van der Waals surface area contributed by atoms with E-state index in [1.54, 1.807) is 0 Å². The minimum absolute atomic E-state index is 0.0484. The Bertz CT molecular complexity index is 285.